The maximum absolute atomic E-state index is 12.6. The molecule has 0 bridgehead atoms. The van der Waals surface area contributed by atoms with E-state index in [-0.39, 0.29) is 0 Å². The van der Waals surface area contributed by atoms with Crippen LogP contribution in [0.2, 0.25) is 10.0 Å². The van der Waals surface area contributed by atoms with Crippen LogP contribution in [0.15, 0.2) is 114 Å². The summed E-state index contributed by atoms with van der Waals surface area (Å²) in [5.74, 6) is 0.659. The number of nitrogens with one attached hydrogen (secondary N) is 1. The van der Waals surface area contributed by atoms with Gasteiger partial charge < -0.3 is 9.47 Å². The summed E-state index contributed by atoms with van der Waals surface area (Å²) in [5.41, 5.74) is 6.79. The van der Waals surface area contributed by atoms with E-state index in [2.05, 4.69) is 10.5 Å². The summed E-state index contributed by atoms with van der Waals surface area (Å²) in [6.45, 7) is 2.09. The Hall–Kier alpha value is -4.59. The number of benzene rings is 4. The molecule has 0 spiro atoms. The zero-order valence-corrected chi connectivity index (χ0v) is 23.6. The molecular formula is C32H26Cl2N4O3. The quantitative estimate of drug-likeness (QED) is 0.137. The van der Waals surface area contributed by atoms with E-state index in [1.807, 2.05) is 91.1 Å². The van der Waals surface area contributed by atoms with Crippen LogP contribution >= 0.6 is 23.2 Å². The van der Waals surface area contributed by atoms with E-state index in [0.29, 0.717) is 33.7 Å². The first-order valence-electron chi connectivity index (χ1n) is 12.8. The van der Waals surface area contributed by atoms with Crippen molar-refractivity contribution in [3.05, 3.63) is 130 Å². The van der Waals surface area contributed by atoms with Gasteiger partial charge in [0.1, 0.15) is 23.8 Å². The molecule has 1 amide bonds. The molecule has 0 radical (unpaired) electrons. The third kappa shape index (κ3) is 7.33. The lowest BCUT2D eigenvalue weighted by Crippen LogP contribution is -2.33. The highest BCUT2D eigenvalue weighted by Crippen LogP contribution is 2.28. The molecule has 4 aromatic carbocycles. The number of carbonyl (C=O) groups is 1. The maximum Gasteiger partial charge on any atom is 0.280 e. The van der Waals surface area contributed by atoms with Gasteiger partial charge in [-0.05, 0) is 67.1 Å². The van der Waals surface area contributed by atoms with Gasteiger partial charge in [-0.2, -0.15) is 10.2 Å². The van der Waals surface area contributed by atoms with Crippen molar-refractivity contribution in [3.63, 3.8) is 0 Å². The Morgan fingerprint density at radius 3 is 2.39 bits per heavy atom. The lowest BCUT2D eigenvalue weighted by atomic mass is 10.1. The van der Waals surface area contributed by atoms with Crippen molar-refractivity contribution in [3.8, 4) is 28.4 Å². The van der Waals surface area contributed by atoms with E-state index in [4.69, 9.17) is 37.8 Å². The number of carbonyl (C=O) groups excluding carboxylic acids is 1. The zero-order valence-electron chi connectivity index (χ0n) is 22.1. The molecule has 5 rings (SSSR count). The topological polar surface area (TPSA) is 77.7 Å². The second-order valence-electron chi connectivity index (χ2n) is 9.08. The summed E-state index contributed by atoms with van der Waals surface area (Å²) in [6, 6.07) is 32.2. The maximum atomic E-state index is 12.6. The molecule has 5 aromatic rings. The molecule has 0 saturated carbocycles. The highest BCUT2D eigenvalue weighted by molar-refractivity contribution is 6.35. The summed E-state index contributed by atoms with van der Waals surface area (Å²) in [7, 11) is 0. The number of ether oxygens (including phenoxy) is 2. The molecule has 0 saturated heterocycles. The van der Waals surface area contributed by atoms with Crippen LogP contribution < -0.4 is 14.9 Å². The van der Waals surface area contributed by atoms with Crippen LogP contribution in [0.5, 0.6) is 11.5 Å². The number of hydrogen-bond donors (Lipinski definition) is 1. The van der Waals surface area contributed by atoms with Gasteiger partial charge in [0.25, 0.3) is 5.91 Å². The first-order valence-corrected chi connectivity index (χ1v) is 13.6. The van der Waals surface area contributed by atoms with E-state index in [1.165, 1.54) is 0 Å². The van der Waals surface area contributed by atoms with Gasteiger partial charge in [-0.3, -0.25) is 4.79 Å². The second-order valence-corrected chi connectivity index (χ2v) is 9.92. The van der Waals surface area contributed by atoms with Crippen LogP contribution in [0.25, 0.3) is 16.9 Å². The minimum atomic E-state index is -0.847. The average Bonchev–Trinajstić information content (AvgIpc) is 3.43. The van der Waals surface area contributed by atoms with Crippen LogP contribution in [0.3, 0.4) is 0 Å². The number of amides is 1. The minimum absolute atomic E-state index is 0.315. The first-order chi connectivity index (χ1) is 20.0. The number of hydrogen-bond acceptors (Lipinski definition) is 5. The van der Waals surface area contributed by atoms with Crippen LogP contribution in [-0.2, 0) is 11.4 Å². The Bertz CT molecular complexity index is 1640. The number of rotatable bonds is 10. The highest BCUT2D eigenvalue weighted by atomic mass is 35.5. The Kier molecular flexibility index (Phi) is 8.98. The highest BCUT2D eigenvalue weighted by Gasteiger charge is 2.16. The fourth-order valence-electron chi connectivity index (χ4n) is 3.94. The summed E-state index contributed by atoms with van der Waals surface area (Å²) >= 11 is 12.1. The summed E-state index contributed by atoms with van der Waals surface area (Å²) in [5, 5.41) is 9.77. The van der Waals surface area contributed by atoms with Gasteiger partial charge in [0, 0.05) is 22.3 Å². The van der Waals surface area contributed by atoms with Crippen molar-refractivity contribution in [2.24, 2.45) is 5.10 Å². The van der Waals surface area contributed by atoms with Crippen molar-refractivity contribution < 1.29 is 14.3 Å². The van der Waals surface area contributed by atoms with Crippen LogP contribution in [0.4, 0.5) is 0 Å². The Morgan fingerprint density at radius 2 is 1.68 bits per heavy atom. The third-order valence-corrected chi connectivity index (χ3v) is 6.62. The number of nitrogens with zero attached hydrogens (tertiary/aromatic N) is 3. The van der Waals surface area contributed by atoms with Gasteiger partial charge in [0.05, 0.1) is 16.9 Å². The Labute approximate surface area is 248 Å². The van der Waals surface area contributed by atoms with E-state index in [1.54, 1.807) is 36.0 Å². The molecule has 9 heteroatoms. The van der Waals surface area contributed by atoms with Gasteiger partial charge in [0.2, 0.25) is 0 Å². The molecule has 0 aliphatic carbocycles. The smallest absolute Gasteiger partial charge is 0.280 e. The van der Waals surface area contributed by atoms with Gasteiger partial charge >= 0.3 is 0 Å². The molecule has 206 valence electrons. The van der Waals surface area contributed by atoms with Crippen LogP contribution in [0.1, 0.15) is 18.1 Å². The van der Waals surface area contributed by atoms with Crippen LogP contribution in [-0.4, -0.2) is 28.0 Å². The van der Waals surface area contributed by atoms with Gasteiger partial charge in [0.15, 0.2) is 6.10 Å². The minimum Gasteiger partial charge on any atom is -0.489 e. The average molecular weight is 585 g/mol. The largest absolute Gasteiger partial charge is 0.489 e. The first kappa shape index (κ1) is 28.0. The number of aromatic nitrogens is 2. The molecule has 1 heterocycles. The van der Waals surface area contributed by atoms with Gasteiger partial charge in [-0.1, -0.05) is 71.7 Å². The molecule has 1 atom stereocenters. The fourth-order valence-corrected chi connectivity index (χ4v) is 4.39. The molecule has 1 N–H and O–H groups in total. The predicted octanol–water partition coefficient (Wildman–Crippen LogP) is 7.34. The second kappa shape index (κ2) is 13.2. The number of halogens is 2. The summed E-state index contributed by atoms with van der Waals surface area (Å²) < 4.78 is 13.4. The molecule has 7 nitrogen and oxygen atoms in total. The molecule has 0 fully saturated rings. The standard InChI is InChI=1S/C32H26Cl2N4O3/c1-22(41-30-17-14-26(33)18-29(30)34)32(39)36-35-19-25-20-38(27-10-6-3-7-11-27)37-31(25)24-12-15-28(16-13-24)40-21-23-8-4-2-5-9-23/h2-20,22H,21H2,1H3,(H,36,39). The zero-order chi connectivity index (χ0) is 28.6. The summed E-state index contributed by atoms with van der Waals surface area (Å²) in [6.07, 6.45) is 2.57. The van der Waals surface area contributed by atoms with Crippen molar-refractivity contribution in [2.45, 2.75) is 19.6 Å². The predicted molar refractivity (Wildman–Crippen MR) is 162 cm³/mol. The lowest BCUT2D eigenvalue weighted by Gasteiger charge is -2.14. The van der Waals surface area contributed by atoms with E-state index in [0.717, 1.165) is 22.6 Å². The molecule has 1 unspecified atom stereocenters. The van der Waals surface area contributed by atoms with Crippen LogP contribution in [0, 0.1) is 0 Å². The third-order valence-electron chi connectivity index (χ3n) is 6.08. The normalized spacial score (nSPS) is 11.8. The van der Waals surface area contributed by atoms with Crippen molar-refractivity contribution in [2.75, 3.05) is 0 Å². The van der Waals surface area contributed by atoms with Crippen molar-refractivity contribution >= 4 is 35.3 Å². The molecule has 41 heavy (non-hydrogen) atoms. The molecule has 0 aliphatic rings. The molecular weight excluding hydrogens is 559 g/mol. The van der Waals surface area contributed by atoms with Crippen molar-refractivity contribution in [1.29, 1.82) is 0 Å². The van der Waals surface area contributed by atoms with Crippen molar-refractivity contribution in [1.82, 2.24) is 15.2 Å². The molecule has 1 aromatic heterocycles. The molecule has 0 aliphatic heterocycles. The Morgan fingerprint density at radius 1 is 0.976 bits per heavy atom. The van der Waals surface area contributed by atoms with E-state index < -0.39 is 12.0 Å². The van der Waals surface area contributed by atoms with E-state index in [9.17, 15) is 4.79 Å². The monoisotopic (exact) mass is 584 g/mol. The number of hydrazone groups is 1. The van der Waals surface area contributed by atoms with Gasteiger partial charge in [-0.15, -0.1) is 0 Å². The summed E-state index contributed by atoms with van der Waals surface area (Å²) in [4.78, 5) is 12.6. The lowest BCUT2D eigenvalue weighted by molar-refractivity contribution is -0.127. The number of para-hydroxylation sites is 1. The van der Waals surface area contributed by atoms with E-state index >= 15 is 0 Å². The Balaban J connectivity index is 1.31. The SMILES string of the molecule is CC(Oc1ccc(Cl)cc1Cl)C(=O)NN=Cc1cn(-c2ccccc2)nc1-c1ccc(OCc2ccccc2)cc1. The van der Waals surface area contributed by atoms with Gasteiger partial charge in [-0.25, -0.2) is 10.1 Å². The fraction of sp³-hybridized carbons (Fsp3) is 0.0938.